The van der Waals surface area contributed by atoms with Crippen molar-refractivity contribution < 1.29 is 68.1 Å². The predicted octanol–water partition coefficient (Wildman–Crippen LogP) is -2.09. The Hall–Kier alpha value is -3.78. The van der Waals surface area contributed by atoms with E-state index in [4.69, 9.17) is 75.8 Å². The van der Waals surface area contributed by atoms with E-state index in [1.165, 1.54) is 33.5 Å². The van der Waals surface area contributed by atoms with Crippen LogP contribution in [0.1, 0.15) is 33.4 Å². The van der Waals surface area contributed by atoms with Crippen LogP contribution in [0.25, 0.3) is 0 Å². The van der Waals surface area contributed by atoms with Crippen LogP contribution in [0.2, 0.25) is 0 Å². The molecule has 0 aliphatic carbocycles. The van der Waals surface area contributed by atoms with E-state index in [2.05, 4.69) is 45.6 Å². The van der Waals surface area contributed by atoms with Gasteiger partial charge in [0.25, 0.3) is 0 Å². The number of nitrogens with two attached hydrogens (primary N) is 1. The molecule has 0 aromatic heterocycles. The van der Waals surface area contributed by atoms with Gasteiger partial charge in [0.15, 0.2) is 5.71 Å². The molecule has 0 saturated heterocycles. The van der Waals surface area contributed by atoms with Crippen LogP contribution < -0.4 is 64.8 Å². The molecule has 2 aliphatic rings. The summed E-state index contributed by atoms with van der Waals surface area (Å²) in [5.74, 6) is 3.89. The van der Waals surface area contributed by atoms with E-state index in [0.29, 0.717) is 25.6 Å². The molecule has 5 N–H and O–H groups in total. The first kappa shape index (κ1) is 58.2. The van der Waals surface area contributed by atoms with Crippen LogP contribution in [-0.2, 0) is 40.0 Å². The third kappa shape index (κ3) is 22.0. The van der Waals surface area contributed by atoms with Gasteiger partial charge in [-0.3, -0.25) is 9.59 Å². The maximum absolute atomic E-state index is 10.9. The minimum Gasteiger partial charge on any atom is -1.00 e. The SMILES string of the molecule is COCC1=[NH+]CCc2cc(OC)ccc21.COc1ccc2c(c1)CC[NH+]=C2CCl.COc1cccc(CCN)c1.COc1cccc(CCNC(=O)CCl)c1.O=C(Cl)CCl.[Cl-].[Cl-]. The highest BCUT2D eigenvalue weighted by molar-refractivity contribution is 6.67. The summed E-state index contributed by atoms with van der Waals surface area (Å²) in [6, 6.07) is 28.0. The van der Waals surface area contributed by atoms with Gasteiger partial charge in [0.2, 0.25) is 16.9 Å². The smallest absolute Gasteiger partial charge is 0.236 e. The normalized spacial score (nSPS) is 11.5. The average molecular weight is 980 g/mol. The van der Waals surface area contributed by atoms with E-state index in [-0.39, 0.29) is 42.5 Å². The number of methoxy groups -OCH3 is 5. The lowest BCUT2D eigenvalue weighted by molar-refractivity contribution is -0.459. The van der Waals surface area contributed by atoms with Crippen molar-refractivity contribution in [3.63, 3.8) is 0 Å². The quantitative estimate of drug-likeness (QED) is 0.0834. The van der Waals surface area contributed by atoms with Gasteiger partial charge >= 0.3 is 0 Å². The molecular formula is C45H58Cl6N4O7. The molecule has 62 heavy (non-hydrogen) atoms. The van der Waals surface area contributed by atoms with Gasteiger partial charge in [-0.25, -0.2) is 9.98 Å². The monoisotopic (exact) mass is 976 g/mol. The molecule has 0 atom stereocenters. The molecule has 0 fully saturated rings. The van der Waals surface area contributed by atoms with E-state index >= 15 is 0 Å². The van der Waals surface area contributed by atoms with Gasteiger partial charge in [-0.2, -0.15) is 0 Å². The van der Waals surface area contributed by atoms with E-state index in [9.17, 15) is 9.59 Å². The Bertz CT molecular complexity index is 1970. The summed E-state index contributed by atoms with van der Waals surface area (Å²) in [5, 5.41) is 2.20. The highest BCUT2D eigenvalue weighted by Crippen LogP contribution is 2.20. The standard InChI is InChI=1S/C12H15NO2.C11H14ClNO2.C11H12ClNO.C9H13NO.C2H2Cl2O.2ClH/c1-14-8-12-11-4-3-10(15-2)7-9(11)5-6-13-12;1-15-10-4-2-3-9(7-10)5-6-13-11(14)8-12;1-14-9-2-3-10-8(6-9)4-5-13-11(10)7-12;1-11-9-4-2-3-8(7-9)5-6-10;3-1-2(4)5;;/h3-4,7H,5-6,8H2,1-2H3;2-4,7H,5-6,8H2,1H3,(H,13,14);2-3,6H,4-5,7H2,1H3;2-4,7H,5-6,10H2,1H3;1H2;2*1H. The zero-order valence-electron chi connectivity index (χ0n) is 35.8. The molecule has 4 aromatic carbocycles. The predicted molar refractivity (Wildman–Crippen MR) is 244 cm³/mol. The lowest BCUT2D eigenvalue weighted by Gasteiger charge is -2.12. The van der Waals surface area contributed by atoms with Crippen molar-refractivity contribution in [2.24, 2.45) is 5.73 Å². The van der Waals surface area contributed by atoms with Crippen molar-refractivity contribution in [1.82, 2.24) is 5.32 Å². The molecule has 17 heteroatoms. The van der Waals surface area contributed by atoms with Gasteiger partial charge in [0.1, 0.15) is 54.5 Å². The Morgan fingerprint density at radius 1 is 0.645 bits per heavy atom. The van der Waals surface area contributed by atoms with Crippen molar-refractivity contribution in [2.45, 2.75) is 25.7 Å². The number of benzene rings is 4. The number of carbonyl (C=O) groups is 2. The Morgan fingerprint density at radius 3 is 1.52 bits per heavy atom. The van der Waals surface area contributed by atoms with Gasteiger partial charge in [-0.05, 0) is 114 Å². The minimum absolute atomic E-state index is 0. The van der Waals surface area contributed by atoms with Crippen LogP contribution in [0, 0.1) is 0 Å². The zero-order chi connectivity index (χ0) is 44.1. The van der Waals surface area contributed by atoms with E-state index in [1.807, 2.05) is 54.6 Å². The summed E-state index contributed by atoms with van der Waals surface area (Å²) in [4.78, 5) is 27.0. The molecule has 6 rings (SSSR count). The largest absolute Gasteiger partial charge is 1.00 e. The lowest BCUT2D eigenvalue weighted by atomic mass is 9.98. The minimum atomic E-state index is -0.508. The van der Waals surface area contributed by atoms with Crippen LogP contribution >= 0.6 is 46.4 Å². The number of halogens is 6. The molecule has 2 heterocycles. The fourth-order valence-electron chi connectivity index (χ4n) is 5.89. The van der Waals surface area contributed by atoms with Crippen LogP contribution in [0.4, 0.5) is 0 Å². The number of ether oxygens (including phenoxy) is 5. The number of carbonyl (C=O) groups excluding carboxylic acids is 2. The van der Waals surface area contributed by atoms with Gasteiger partial charge < -0.3 is 59.5 Å². The lowest BCUT2D eigenvalue weighted by Crippen LogP contribution is -3.00. The molecule has 0 saturated carbocycles. The highest BCUT2D eigenvalue weighted by Gasteiger charge is 2.20. The Balaban J connectivity index is 0.000000767. The molecule has 11 nitrogen and oxygen atoms in total. The van der Waals surface area contributed by atoms with Crippen molar-refractivity contribution in [3.05, 3.63) is 118 Å². The zero-order valence-corrected chi connectivity index (χ0v) is 40.3. The van der Waals surface area contributed by atoms with Gasteiger partial charge in [0.05, 0.1) is 34.3 Å². The molecule has 342 valence electrons. The van der Waals surface area contributed by atoms with E-state index in [1.54, 1.807) is 35.5 Å². The molecule has 0 radical (unpaired) electrons. The topological polar surface area (TPSA) is 146 Å². The first-order valence-electron chi connectivity index (χ1n) is 19.2. The molecule has 4 aromatic rings. The van der Waals surface area contributed by atoms with Gasteiger partial charge in [0, 0.05) is 37.6 Å². The fourth-order valence-corrected chi connectivity index (χ4v) is 6.22. The van der Waals surface area contributed by atoms with Crippen LogP contribution in [0.3, 0.4) is 0 Å². The number of amides is 1. The van der Waals surface area contributed by atoms with Crippen molar-refractivity contribution >= 4 is 69.0 Å². The second-order valence-corrected chi connectivity index (χ2v) is 14.1. The molecule has 2 aliphatic heterocycles. The summed E-state index contributed by atoms with van der Waals surface area (Å²) in [6.45, 7) is 3.85. The van der Waals surface area contributed by atoms with E-state index < -0.39 is 5.24 Å². The molecule has 0 unspecified atom stereocenters. The summed E-state index contributed by atoms with van der Waals surface area (Å²) >= 11 is 20.7. The summed E-state index contributed by atoms with van der Waals surface area (Å²) < 4.78 is 25.7. The summed E-state index contributed by atoms with van der Waals surface area (Å²) in [7, 11) is 8.40. The molecular weight excluding hydrogens is 921 g/mol. The van der Waals surface area contributed by atoms with E-state index in [0.717, 1.165) is 73.0 Å². The highest BCUT2D eigenvalue weighted by atomic mass is 35.5. The Kier molecular flexibility index (Phi) is 32.6. The number of hydrogen-bond donors (Lipinski definition) is 4. The number of hydrogen-bond acceptors (Lipinski definition) is 8. The third-order valence-electron chi connectivity index (χ3n) is 8.83. The van der Waals surface area contributed by atoms with Crippen molar-refractivity contribution in [3.8, 4) is 23.0 Å². The molecule has 0 spiro atoms. The Labute approximate surface area is 398 Å². The second kappa shape index (κ2) is 34.7. The van der Waals surface area contributed by atoms with Gasteiger partial charge in [-0.1, -0.05) is 24.3 Å². The Morgan fingerprint density at radius 2 is 1.10 bits per heavy atom. The first-order chi connectivity index (χ1) is 29.1. The van der Waals surface area contributed by atoms with Crippen molar-refractivity contribution in [2.75, 3.05) is 86.0 Å². The number of nitrogens with one attached hydrogen (secondary N) is 3. The van der Waals surface area contributed by atoms with Gasteiger partial charge in [-0.15, -0.1) is 34.8 Å². The fraction of sp³-hybridized carbons (Fsp3) is 0.378. The first-order valence-corrected chi connectivity index (χ1v) is 21.2. The maximum atomic E-state index is 10.9. The summed E-state index contributed by atoms with van der Waals surface area (Å²) in [6.07, 6.45) is 3.77. The summed E-state index contributed by atoms with van der Waals surface area (Å²) in [5.41, 5.74) is 15.2. The van der Waals surface area contributed by atoms with Crippen LogP contribution in [0.15, 0.2) is 84.9 Å². The number of fused-ring (bicyclic) bond motifs is 2. The van der Waals surface area contributed by atoms with Crippen molar-refractivity contribution in [1.29, 1.82) is 0 Å². The second-order valence-electron chi connectivity index (χ2n) is 12.9. The number of rotatable bonds is 14. The maximum Gasteiger partial charge on any atom is 0.236 e. The molecule has 0 bridgehead atoms. The third-order valence-corrected chi connectivity index (χ3v) is 9.85. The number of alkyl halides is 3. The van der Waals surface area contributed by atoms with Crippen LogP contribution in [0.5, 0.6) is 23.0 Å². The van der Waals surface area contributed by atoms with Crippen LogP contribution in [-0.4, -0.2) is 109 Å². The molecule has 1 amide bonds. The average Bonchev–Trinajstić information content (AvgIpc) is 3.29.